The predicted molar refractivity (Wildman–Crippen MR) is 97.6 cm³/mol. The van der Waals surface area contributed by atoms with Crippen LogP contribution in [0.1, 0.15) is 51.0 Å². The van der Waals surface area contributed by atoms with E-state index in [0.29, 0.717) is 31.1 Å². The SMILES string of the molecule is CCCCCCCCNC(=O)Cc1ccc(OCCN)c(OC)c1. The van der Waals surface area contributed by atoms with Gasteiger partial charge in [0.15, 0.2) is 11.5 Å². The highest BCUT2D eigenvalue weighted by Gasteiger charge is 2.08. The fourth-order valence-corrected chi connectivity index (χ4v) is 2.49. The van der Waals surface area contributed by atoms with Crippen LogP contribution in [0.2, 0.25) is 0 Å². The Morgan fingerprint density at radius 3 is 2.58 bits per heavy atom. The number of methoxy groups -OCH3 is 1. The summed E-state index contributed by atoms with van der Waals surface area (Å²) < 4.78 is 10.8. The zero-order chi connectivity index (χ0) is 17.6. The highest BCUT2D eigenvalue weighted by atomic mass is 16.5. The van der Waals surface area contributed by atoms with Crippen molar-refractivity contribution in [2.24, 2.45) is 5.73 Å². The van der Waals surface area contributed by atoms with Crippen LogP contribution in [0, 0.1) is 0 Å². The molecule has 3 N–H and O–H groups in total. The van der Waals surface area contributed by atoms with Gasteiger partial charge < -0.3 is 20.5 Å². The van der Waals surface area contributed by atoms with Crippen LogP contribution < -0.4 is 20.5 Å². The van der Waals surface area contributed by atoms with Gasteiger partial charge in [-0.2, -0.15) is 0 Å². The molecular weight excluding hydrogens is 304 g/mol. The van der Waals surface area contributed by atoms with Crippen LogP contribution in [0.4, 0.5) is 0 Å². The summed E-state index contributed by atoms with van der Waals surface area (Å²) in [4.78, 5) is 12.0. The summed E-state index contributed by atoms with van der Waals surface area (Å²) in [5, 5.41) is 2.98. The smallest absolute Gasteiger partial charge is 0.224 e. The van der Waals surface area contributed by atoms with Crippen molar-refractivity contribution in [1.82, 2.24) is 5.32 Å². The summed E-state index contributed by atoms with van der Waals surface area (Å²) in [7, 11) is 1.59. The van der Waals surface area contributed by atoms with E-state index >= 15 is 0 Å². The Morgan fingerprint density at radius 1 is 1.12 bits per heavy atom. The van der Waals surface area contributed by atoms with E-state index in [-0.39, 0.29) is 5.91 Å². The lowest BCUT2D eigenvalue weighted by atomic mass is 10.1. The summed E-state index contributed by atoms with van der Waals surface area (Å²) in [6.07, 6.45) is 7.69. The number of carbonyl (C=O) groups is 1. The number of nitrogens with two attached hydrogens (primary N) is 1. The average molecular weight is 336 g/mol. The molecule has 0 spiro atoms. The third-order valence-corrected chi connectivity index (χ3v) is 3.82. The Hall–Kier alpha value is -1.75. The van der Waals surface area contributed by atoms with Crippen molar-refractivity contribution in [2.75, 3.05) is 26.8 Å². The number of hydrogen-bond acceptors (Lipinski definition) is 4. The van der Waals surface area contributed by atoms with Gasteiger partial charge in [-0.3, -0.25) is 4.79 Å². The topological polar surface area (TPSA) is 73.6 Å². The molecule has 0 radical (unpaired) electrons. The van der Waals surface area contributed by atoms with Gasteiger partial charge in [0.1, 0.15) is 6.61 Å². The van der Waals surface area contributed by atoms with Crippen molar-refractivity contribution in [3.8, 4) is 11.5 Å². The lowest BCUT2D eigenvalue weighted by Crippen LogP contribution is -2.26. The molecule has 0 aliphatic heterocycles. The molecule has 5 nitrogen and oxygen atoms in total. The number of rotatable bonds is 13. The number of benzene rings is 1. The fraction of sp³-hybridized carbons (Fsp3) is 0.632. The van der Waals surface area contributed by atoms with Crippen LogP contribution in [0.25, 0.3) is 0 Å². The molecule has 0 saturated heterocycles. The van der Waals surface area contributed by atoms with E-state index in [0.717, 1.165) is 18.5 Å². The first-order valence-corrected chi connectivity index (χ1v) is 8.97. The van der Waals surface area contributed by atoms with Crippen LogP contribution in [-0.2, 0) is 11.2 Å². The Balaban J connectivity index is 2.33. The van der Waals surface area contributed by atoms with Crippen LogP contribution in [-0.4, -0.2) is 32.7 Å². The highest BCUT2D eigenvalue weighted by molar-refractivity contribution is 5.78. The first kappa shape index (κ1) is 20.3. The minimum absolute atomic E-state index is 0.0428. The van der Waals surface area contributed by atoms with Gasteiger partial charge in [0.2, 0.25) is 5.91 Å². The summed E-state index contributed by atoms with van der Waals surface area (Å²) in [6, 6.07) is 5.56. The highest BCUT2D eigenvalue weighted by Crippen LogP contribution is 2.28. The maximum atomic E-state index is 12.0. The van der Waals surface area contributed by atoms with E-state index < -0.39 is 0 Å². The number of carbonyl (C=O) groups excluding carboxylic acids is 1. The van der Waals surface area contributed by atoms with Crippen molar-refractivity contribution in [3.63, 3.8) is 0 Å². The molecule has 1 aromatic rings. The van der Waals surface area contributed by atoms with Gasteiger partial charge in [0, 0.05) is 13.1 Å². The van der Waals surface area contributed by atoms with E-state index in [1.807, 2.05) is 18.2 Å². The molecule has 136 valence electrons. The molecule has 0 heterocycles. The number of ether oxygens (including phenoxy) is 2. The molecule has 0 unspecified atom stereocenters. The third kappa shape index (κ3) is 8.20. The fourth-order valence-electron chi connectivity index (χ4n) is 2.49. The first-order valence-electron chi connectivity index (χ1n) is 8.97. The van der Waals surface area contributed by atoms with Gasteiger partial charge in [-0.1, -0.05) is 45.1 Å². The Kier molecular flexibility index (Phi) is 10.7. The largest absolute Gasteiger partial charge is 0.493 e. The summed E-state index contributed by atoms with van der Waals surface area (Å²) in [5.74, 6) is 1.32. The van der Waals surface area contributed by atoms with E-state index in [9.17, 15) is 4.79 Å². The molecule has 0 aliphatic rings. The number of unbranched alkanes of at least 4 members (excludes halogenated alkanes) is 5. The lowest BCUT2D eigenvalue weighted by Gasteiger charge is -2.12. The quantitative estimate of drug-likeness (QED) is 0.543. The summed E-state index contributed by atoms with van der Waals surface area (Å²) in [6.45, 7) is 3.85. The first-order chi connectivity index (χ1) is 11.7. The summed E-state index contributed by atoms with van der Waals surface area (Å²) >= 11 is 0. The molecule has 0 aliphatic carbocycles. The second kappa shape index (κ2) is 12.6. The predicted octanol–water partition coefficient (Wildman–Crippen LogP) is 3.05. The van der Waals surface area contributed by atoms with Crippen LogP contribution in [0.15, 0.2) is 18.2 Å². The zero-order valence-corrected chi connectivity index (χ0v) is 15.1. The lowest BCUT2D eigenvalue weighted by molar-refractivity contribution is -0.120. The monoisotopic (exact) mass is 336 g/mol. The van der Waals surface area contributed by atoms with Gasteiger partial charge in [-0.15, -0.1) is 0 Å². The minimum atomic E-state index is 0.0428. The van der Waals surface area contributed by atoms with Crippen molar-refractivity contribution >= 4 is 5.91 Å². The molecule has 0 bridgehead atoms. The van der Waals surface area contributed by atoms with Crippen molar-refractivity contribution < 1.29 is 14.3 Å². The van der Waals surface area contributed by atoms with Crippen LogP contribution in [0.3, 0.4) is 0 Å². The van der Waals surface area contributed by atoms with E-state index in [2.05, 4.69) is 12.2 Å². The van der Waals surface area contributed by atoms with Crippen LogP contribution >= 0.6 is 0 Å². The minimum Gasteiger partial charge on any atom is -0.493 e. The van der Waals surface area contributed by atoms with Gasteiger partial charge in [-0.05, 0) is 24.1 Å². The van der Waals surface area contributed by atoms with E-state index in [1.54, 1.807) is 7.11 Å². The van der Waals surface area contributed by atoms with Gasteiger partial charge in [0.05, 0.1) is 13.5 Å². The maximum Gasteiger partial charge on any atom is 0.224 e. The molecule has 5 heteroatoms. The third-order valence-electron chi connectivity index (χ3n) is 3.82. The summed E-state index contributed by atoms with van der Waals surface area (Å²) in [5.41, 5.74) is 6.35. The van der Waals surface area contributed by atoms with E-state index in [4.69, 9.17) is 15.2 Å². The van der Waals surface area contributed by atoms with Crippen LogP contribution in [0.5, 0.6) is 11.5 Å². The molecule has 1 aromatic carbocycles. The van der Waals surface area contributed by atoms with Crippen molar-refractivity contribution in [1.29, 1.82) is 0 Å². The molecule has 0 atom stereocenters. The number of amides is 1. The Bertz CT molecular complexity index is 478. The average Bonchev–Trinajstić information content (AvgIpc) is 2.59. The second-order valence-electron chi connectivity index (χ2n) is 5.92. The van der Waals surface area contributed by atoms with Crippen molar-refractivity contribution in [3.05, 3.63) is 23.8 Å². The zero-order valence-electron chi connectivity index (χ0n) is 15.1. The van der Waals surface area contributed by atoms with Gasteiger partial charge in [-0.25, -0.2) is 0 Å². The molecule has 24 heavy (non-hydrogen) atoms. The van der Waals surface area contributed by atoms with Gasteiger partial charge >= 0.3 is 0 Å². The second-order valence-corrected chi connectivity index (χ2v) is 5.92. The molecule has 0 fully saturated rings. The van der Waals surface area contributed by atoms with Gasteiger partial charge in [0.25, 0.3) is 0 Å². The molecule has 0 saturated carbocycles. The number of hydrogen-bond donors (Lipinski definition) is 2. The standard InChI is InChI=1S/C19H32N2O3/c1-3-4-5-6-7-8-12-21-19(22)15-16-9-10-17(24-13-11-20)18(14-16)23-2/h9-10,14H,3-8,11-13,15,20H2,1-2H3,(H,21,22). The molecule has 0 aromatic heterocycles. The Morgan fingerprint density at radius 2 is 1.88 bits per heavy atom. The molecule has 1 amide bonds. The number of nitrogens with one attached hydrogen (secondary N) is 1. The maximum absolute atomic E-state index is 12.0. The Labute approximate surface area is 145 Å². The normalized spacial score (nSPS) is 10.5. The van der Waals surface area contributed by atoms with Crippen molar-refractivity contribution in [2.45, 2.75) is 51.9 Å². The van der Waals surface area contributed by atoms with E-state index in [1.165, 1.54) is 32.1 Å². The molecular formula is C19H32N2O3. The molecule has 1 rings (SSSR count).